The van der Waals surface area contributed by atoms with Crippen molar-refractivity contribution in [1.29, 1.82) is 0 Å². The van der Waals surface area contributed by atoms with Gasteiger partial charge in [0, 0.05) is 43.0 Å². The first kappa shape index (κ1) is 22.3. The zero-order valence-corrected chi connectivity index (χ0v) is 19.3. The fourth-order valence-electron chi connectivity index (χ4n) is 5.13. The molecule has 3 aromatic heterocycles. The number of nitrogens with zero attached hydrogens (tertiary/aromatic N) is 4. The molecule has 1 fully saturated rings. The topological polar surface area (TPSA) is 66.8 Å². The molecule has 0 saturated carbocycles. The average Bonchev–Trinajstić information content (AvgIpc) is 3.54. The average molecular weight is 464 g/mol. The Bertz CT molecular complexity index is 1330. The van der Waals surface area contributed by atoms with Crippen molar-refractivity contribution in [2.24, 2.45) is 5.92 Å². The number of aromatic nitrogens is 4. The van der Waals surface area contributed by atoms with Crippen molar-refractivity contribution in [3.8, 4) is 11.3 Å². The minimum atomic E-state index is -0.878. The van der Waals surface area contributed by atoms with Crippen molar-refractivity contribution >= 4 is 16.9 Å². The van der Waals surface area contributed by atoms with Crippen LogP contribution in [-0.2, 0) is 17.8 Å². The second-order valence-corrected chi connectivity index (χ2v) is 9.66. The summed E-state index contributed by atoms with van der Waals surface area (Å²) in [4.78, 5) is 19.7. The van der Waals surface area contributed by atoms with E-state index in [0.29, 0.717) is 6.54 Å². The van der Waals surface area contributed by atoms with Crippen LogP contribution in [-0.4, -0.2) is 42.6 Å². The van der Waals surface area contributed by atoms with Gasteiger partial charge in [-0.2, -0.15) is 5.10 Å². The van der Waals surface area contributed by atoms with Gasteiger partial charge in [0.1, 0.15) is 0 Å². The lowest BCUT2D eigenvalue weighted by atomic mass is 9.96. The van der Waals surface area contributed by atoms with E-state index in [4.69, 9.17) is 4.98 Å². The first-order chi connectivity index (χ1) is 16.3. The van der Waals surface area contributed by atoms with E-state index in [1.807, 2.05) is 29.4 Å². The van der Waals surface area contributed by atoms with Gasteiger partial charge in [-0.3, -0.25) is 9.89 Å². The number of benzene rings is 1. The second kappa shape index (κ2) is 8.66. The molecule has 1 aliphatic heterocycles. The number of carbonyl (C=O) groups excluding carboxylic acids is 1. The molecule has 1 unspecified atom stereocenters. The number of aromatic amines is 1. The number of rotatable bonds is 6. The number of carbonyl (C=O) groups is 1. The highest BCUT2D eigenvalue weighted by Gasteiger charge is 2.40. The molecule has 5 rings (SSSR count). The molecule has 1 aliphatic rings. The second-order valence-electron chi connectivity index (χ2n) is 9.66. The van der Waals surface area contributed by atoms with E-state index in [2.05, 4.69) is 34.7 Å². The predicted molar refractivity (Wildman–Crippen MR) is 126 cm³/mol. The largest absolute Gasteiger partial charge is 0.346 e. The highest BCUT2D eigenvalue weighted by molar-refractivity contribution is 5.79. The third-order valence-corrected chi connectivity index (χ3v) is 6.77. The molecule has 176 valence electrons. The summed E-state index contributed by atoms with van der Waals surface area (Å²) >= 11 is 0. The summed E-state index contributed by atoms with van der Waals surface area (Å²) in [5.74, 6) is -1.48. The Morgan fingerprint density at radius 3 is 2.85 bits per heavy atom. The van der Waals surface area contributed by atoms with Crippen LogP contribution in [0.2, 0.25) is 0 Å². The molecule has 1 atom stereocenters. The number of pyridine rings is 1. The molecule has 4 heterocycles. The first-order valence-electron chi connectivity index (χ1n) is 11.5. The molecular formula is C26H27F2N5O. The summed E-state index contributed by atoms with van der Waals surface area (Å²) in [6, 6.07) is 10.2. The maximum atomic E-state index is 14.0. The van der Waals surface area contributed by atoms with Gasteiger partial charge in [0.25, 0.3) is 0 Å². The van der Waals surface area contributed by atoms with Gasteiger partial charge < -0.3 is 9.47 Å². The van der Waals surface area contributed by atoms with Crippen molar-refractivity contribution in [2.45, 2.75) is 45.2 Å². The fourth-order valence-corrected chi connectivity index (χ4v) is 5.13. The van der Waals surface area contributed by atoms with Crippen molar-refractivity contribution < 1.29 is 13.6 Å². The van der Waals surface area contributed by atoms with Crippen molar-refractivity contribution in [3.05, 3.63) is 72.2 Å². The Kier molecular flexibility index (Phi) is 5.67. The van der Waals surface area contributed by atoms with Crippen LogP contribution in [0.5, 0.6) is 0 Å². The number of likely N-dealkylation sites (tertiary alicyclic amines) is 1. The molecule has 1 saturated heterocycles. The van der Waals surface area contributed by atoms with Crippen LogP contribution in [0.4, 0.5) is 8.78 Å². The first-order valence-corrected chi connectivity index (χ1v) is 11.5. The number of nitrogens with one attached hydrogen (secondary N) is 1. The number of fused-ring (bicyclic) bond motifs is 1. The Hall–Kier alpha value is -3.55. The van der Waals surface area contributed by atoms with Gasteiger partial charge in [-0.25, -0.2) is 13.8 Å². The summed E-state index contributed by atoms with van der Waals surface area (Å²) in [6.45, 7) is 5.56. The van der Waals surface area contributed by atoms with E-state index < -0.39 is 11.6 Å². The summed E-state index contributed by atoms with van der Waals surface area (Å²) in [5.41, 5.74) is 3.73. The lowest BCUT2D eigenvalue weighted by Gasteiger charge is -2.31. The number of H-pyrrole nitrogens is 1. The van der Waals surface area contributed by atoms with Gasteiger partial charge in [0.2, 0.25) is 5.91 Å². The quantitative estimate of drug-likeness (QED) is 0.439. The summed E-state index contributed by atoms with van der Waals surface area (Å²) in [7, 11) is 0. The van der Waals surface area contributed by atoms with E-state index in [1.165, 1.54) is 12.1 Å². The van der Waals surface area contributed by atoms with Gasteiger partial charge in [-0.1, -0.05) is 12.1 Å². The Labute approximate surface area is 196 Å². The van der Waals surface area contributed by atoms with Crippen LogP contribution in [0.3, 0.4) is 0 Å². The van der Waals surface area contributed by atoms with Crippen molar-refractivity contribution in [3.63, 3.8) is 0 Å². The monoisotopic (exact) mass is 463 g/mol. The lowest BCUT2D eigenvalue weighted by Crippen LogP contribution is -2.42. The Morgan fingerprint density at radius 2 is 2.06 bits per heavy atom. The van der Waals surface area contributed by atoms with Crippen LogP contribution < -0.4 is 0 Å². The maximum absolute atomic E-state index is 14.0. The smallest absolute Gasteiger partial charge is 0.223 e. The minimum Gasteiger partial charge on any atom is -0.346 e. The molecule has 6 nitrogen and oxygen atoms in total. The van der Waals surface area contributed by atoms with Crippen LogP contribution in [0.25, 0.3) is 22.3 Å². The molecule has 0 aliphatic carbocycles. The van der Waals surface area contributed by atoms with Crippen LogP contribution >= 0.6 is 0 Å². The predicted octanol–water partition coefficient (Wildman–Crippen LogP) is 4.96. The molecule has 0 bridgehead atoms. The van der Waals surface area contributed by atoms with Gasteiger partial charge in [-0.15, -0.1) is 0 Å². The van der Waals surface area contributed by atoms with Crippen LogP contribution in [0, 0.1) is 17.6 Å². The van der Waals surface area contributed by atoms with E-state index in [-0.39, 0.29) is 35.8 Å². The normalized spacial score (nSPS) is 17.5. The Balaban J connectivity index is 1.26. The van der Waals surface area contributed by atoms with Gasteiger partial charge in [0.05, 0.1) is 22.9 Å². The maximum Gasteiger partial charge on any atom is 0.223 e. The molecule has 0 spiro atoms. The third kappa shape index (κ3) is 4.20. The summed E-state index contributed by atoms with van der Waals surface area (Å²) in [5, 5.41) is 6.80. The SMILES string of the molecule is CC1(C)CC(Cn2ccc3nc(-c4cn[nH]c4)ccc32)CN1C(=O)CCc1cccc(F)c1F. The van der Waals surface area contributed by atoms with Crippen LogP contribution in [0.15, 0.2) is 55.0 Å². The van der Waals surface area contributed by atoms with Crippen molar-refractivity contribution in [2.75, 3.05) is 6.54 Å². The fraction of sp³-hybridized carbons (Fsp3) is 0.346. The Morgan fingerprint density at radius 1 is 1.21 bits per heavy atom. The number of hydrogen-bond acceptors (Lipinski definition) is 3. The van der Waals surface area contributed by atoms with E-state index in [1.54, 1.807) is 6.20 Å². The number of amides is 1. The van der Waals surface area contributed by atoms with Gasteiger partial charge in [-0.05, 0) is 62.4 Å². The molecule has 4 aromatic rings. The number of aryl methyl sites for hydroxylation is 1. The molecular weight excluding hydrogens is 436 g/mol. The lowest BCUT2D eigenvalue weighted by molar-refractivity contribution is -0.134. The molecule has 0 radical (unpaired) electrons. The third-order valence-electron chi connectivity index (χ3n) is 6.77. The summed E-state index contributed by atoms with van der Waals surface area (Å²) in [6.07, 6.45) is 6.82. The zero-order chi connectivity index (χ0) is 23.9. The van der Waals surface area contributed by atoms with Gasteiger partial charge in [0.15, 0.2) is 11.6 Å². The molecule has 1 aromatic carbocycles. The highest BCUT2D eigenvalue weighted by atomic mass is 19.2. The highest BCUT2D eigenvalue weighted by Crippen LogP contribution is 2.35. The molecule has 34 heavy (non-hydrogen) atoms. The van der Waals surface area contributed by atoms with E-state index >= 15 is 0 Å². The van der Waals surface area contributed by atoms with Crippen molar-refractivity contribution in [1.82, 2.24) is 24.6 Å². The zero-order valence-electron chi connectivity index (χ0n) is 19.3. The number of halogens is 2. The number of hydrogen-bond donors (Lipinski definition) is 1. The van der Waals surface area contributed by atoms with E-state index in [9.17, 15) is 13.6 Å². The van der Waals surface area contributed by atoms with Gasteiger partial charge >= 0.3 is 0 Å². The minimum absolute atomic E-state index is 0.0278. The molecule has 8 heteroatoms. The summed E-state index contributed by atoms with van der Waals surface area (Å²) < 4.78 is 29.7. The standard InChI is InChI=1S/C26H27F2N5O/c1-26(2)12-17(16-33(26)24(34)9-6-18-4-3-5-20(27)25(18)28)15-32-11-10-22-23(32)8-7-21(31-22)19-13-29-30-14-19/h3-5,7-8,10-11,13-14,17H,6,9,12,15-16H2,1-2H3,(H,29,30). The molecule has 1 amide bonds. The van der Waals surface area contributed by atoms with Crippen LogP contribution in [0.1, 0.15) is 32.3 Å². The molecule has 1 N–H and O–H groups in total. The van der Waals surface area contributed by atoms with E-state index in [0.717, 1.165) is 41.3 Å².